The zero-order valence-corrected chi connectivity index (χ0v) is 11.0. The Morgan fingerprint density at radius 3 is 2.53 bits per heavy atom. The number of carbonyl (C=O) groups is 1. The molecule has 0 aromatic heterocycles. The van der Waals surface area contributed by atoms with Crippen molar-refractivity contribution in [3.8, 4) is 0 Å². The molecule has 19 heavy (non-hydrogen) atoms. The number of aryl methyl sites for hydroxylation is 1. The highest BCUT2D eigenvalue weighted by molar-refractivity contribution is 7.80. The Kier molecular flexibility index (Phi) is 3.85. The van der Waals surface area contributed by atoms with Crippen LogP contribution in [-0.2, 0) is 0 Å². The molecule has 0 heterocycles. The van der Waals surface area contributed by atoms with E-state index in [4.69, 9.17) is 0 Å². The highest BCUT2D eigenvalue weighted by atomic mass is 32.1. The van der Waals surface area contributed by atoms with Crippen molar-refractivity contribution in [2.75, 3.05) is 5.32 Å². The molecule has 0 aliphatic heterocycles. The first-order valence-corrected chi connectivity index (χ1v) is 5.98. The average molecular weight is 279 g/mol. The number of halogens is 2. The Bertz CT molecular complexity index is 643. The number of carbonyl (C=O) groups excluding carboxylic acids is 1. The van der Waals surface area contributed by atoms with Gasteiger partial charge in [0.15, 0.2) is 0 Å². The van der Waals surface area contributed by atoms with E-state index in [9.17, 15) is 13.6 Å². The highest BCUT2D eigenvalue weighted by Gasteiger charge is 2.14. The number of rotatable bonds is 2. The van der Waals surface area contributed by atoms with Crippen LogP contribution in [0, 0.1) is 18.6 Å². The number of amides is 1. The minimum atomic E-state index is -0.710. The van der Waals surface area contributed by atoms with Crippen LogP contribution in [0.15, 0.2) is 41.3 Å². The Balaban J connectivity index is 2.30. The van der Waals surface area contributed by atoms with Gasteiger partial charge in [-0.2, -0.15) is 0 Å². The molecule has 2 aromatic rings. The Labute approximate surface area is 114 Å². The summed E-state index contributed by atoms with van der Waals surface area (Å²) in [5, 5.41) is 2.35. The summed E-state index contributed by atoms with van der Waals surface area (Å²) in [6, 6.07) is 8.18. The van der Waals surface area contributed by atoms with Crippen molar-refractivity contribution in [2.45, 2.75) is 11.8 Å². The van der Waals surface area contributed by atoms with E-state index in [1.807, 2.05) is 0 Å². The molecule has 0 spiro atoms. The Morgan fingerprint density at radius 2 is 1.79 bits per heavy atom. The summed E-state index contributed by atoms with van der Waals surface area (Å²) in [6.45, 7) is 1.77. The van der Waals surface area contributed by atoms with Gasteiger partial charge in [0.25, 0.3) is 5.91 Å². The first kappa shape index (κ1) is 13.5. The number of thiol groups is 1. The molecule has 1 N–H and O–H groups in total. The van der Waals surface area contributed by atoms with Crippen molar-refractivity contribution < 1.29 is 13.6 Å². The summed E-state index contributed by atoms with van der Waals surface area (Å²) < 4.78 is 27.0. The first-order chi connectivity index (χ1) is 8.97. The van der Waals surface area contributed by atoms with Gasteiger partial charge in [0.05, 0.1) is 11.3 Å². The highest BCUT2D eigenvalue weighted by Crippen LogP contribution is 2.19. The third-order valence-electron chi connectivity index (χ3n) is 2.56. The van der Waals surface area contributed by atoms with Crippen molar-refractivity contribution in [1.29, 1.82) is 0 Å². The number of anilines is 1. The van der Waals surface area contributed by atoms with Gasteiger partial charge in [0, 0.05) is 4.90 Å². The lowest BCUT2D eigenvalue weighted by Gasteiger charge is -2.08. The fourth-order valence-corrected chi connectivity index (χ4v) is 1.82. The van der Waals surface area contributed by atoms with E-state index in [-0.39, 0.29) is 11.3 Å². The van der Waals surface area contributed by atoms with Gasteiger partial charge in [-0.25, -0.2) is 8.78 Å². The van der Waals surface area contributed by atoms with Crippen LogP contribution >= 0.6 is 12.6 Å². The van der Waals surface area contributed by atoms with Gasteiger partial charge in [-0.15, -0.1) is 12.6 Å². The molecular formula is C14H11F2NOS. The molecular weight excluding hydrogens is 268 g/mol. The van der Waals surface area contributed by atoms with Crippen LogP contribution in [0.2, 0.25) is 0 Å². The van der Waals surface area contributed by atoms with Crippen molar-refractivity contribution >= 4 is 24.2 Å². The summed E-state index contributed by atoms with van der Waals surface area (Å²) in [5.74, 6) is -1.96. The third kappa shape index (κ3) is 3.12. The van der Waals surface area contributed by atoms with E-state index in [1.54, 1.807) is 13.0 Å². The smallest absolute Gasteiger partial charge is 0.258 e. The molecule has 0 radical (unpaired) electrons. The monoisotopic (exact) mass is 279 g/mol. The predicted octanol–water partition coefficient (Wildman–Crippen LogP) is 3.81. The third-order valence-corrected chi connectivity index (χ3v) is 2.84. The van der Waals surface area contributed by atoms with Crippen LogP contribution in [0.5, 0.6) is 0 Å². The van der Waals surface area contributed by atoms with Crippen LogP contribution in [0.1, 0.15) is 15.9 Å². The molecule has 0 saturated carbocycles. The van der Waals surface area contributed by atoms with E-state index in [0.29, 0.717) is 4.90 Å². The SMILES string of the molecule is Cc1ccc(F)c(NC(=O)c2cc(S)ccc2F)c1. The summed E-state index contributed by atoms with van der Waals surface area (Å²) in [4.78, 5) is 12.4. The number of nitrogens with one attached hydrogen (secondary N) is 1. The molecule has 2 aromatic carbocycles. The van der Waals surface area contributed by atoms with Gasteiger partial charge >= 0.3 is 0 Å². The van der Waals surface area contributed by atoms with Gasteiger partial charge in [0.1, 0.15) is 11.6 Å². The maximum absolute atomic E-state index is 13.5. The number of hydrogen-bond acceptors (Lipinski definition) is 2. The molecule has 0 unspecified atom stereocenters. The molecule has 98 valence electrons. The largest absolute Gasteiger partial charge is 0.319 e. The first-order valence-electron chi connectivity index (χ1n) is 5.53. The van der Waals surface area contributed by atoms with Gasteiger partial charge in [-0.05, 0) is 42.8 Å². The van der Waals surface area contributed by atoms with Crippen molar-refractivity contribution in [1.82, 2.24) is 0 Å². The fourth-order valence-electron chi connectivity index (χ4n) is 1.61. The molecule has 2 nitrogen and oxygen atoms in total. The maximum Gasteiger partial charge on any atom is 0.258 e. The molecule has 0 atom stereocenters. The molecule has 0 aliphatic rings. The van der Waals surface area contributed by atoms with E-state index in [2.05, 4.69) is 17.9 Å². The average Bonchev–Trinajstić information content (AvgIpc) is 2.36. The molecule has 0 bridgehead atoms. The van der Waals surface area contributed by atoms with Crippen molar-refractivity contribution in [2.24, 2.45) is 0 Å². The molecule has 0 fully saturated rings. The molecule has 0 saturated heterocycles. The van der Waals surface area contributed by atoms with E-state index >= 15 is 0 Å². The minimum Gasteiger partial charge on any atom is -0.319 e. The van der Waals surface area contributed by atoms with Gasteiger partial charge in [-0.1, -0.05) is 6.07 Å². The van der Waals surface area contributed by atoms with Crippen LogP contribution < -0.4 is 5.32 Å². The van der Waals surface area contributed by atoms with Crippen LogP contribution in [0.25, 0.3) is 0 Å². The van der Waals surface area contributed by atoms with E-state index in [0.717, 1.165) is 11.6 Å². The number of hydrogen-bond donors (Lipinski definition) is 2. The minimum absolute atomic E-state index is 0.0222. The predicted molar refractivity (Wildman–Crippen MR) is 72.7 cm³/mol. The van der Waals surface area contributed by atoms with Crippen LogP contribution in [-0.4, -0.2) is 5.91 Å². The molecule has 0 aliphatic carbocycles. The second kappa shape index (κ2) is 5.40. The zero-order valence-electron chi connectivity index (χ0n) is 10.1. The van der Waals surface area contributed by atoms with E-state index < -0.39 is 17.5 Å². The maximum atomic E-state index is 13.5. The molecule has 1 amide bonds. The summed E-state index contributed by atoms with van der Waals surface area (Å²) >= 11 is 4.04. The lowest BCUT2D eigenvalue weighted by atomic mass is 10.1. The second-order valence-electron chi connectivity index (χ2n) is 4.10. The lowest BCUT2D eigenvalue weighted by molar-refractivity contribution is 0.102. The van der Waals surface area contributed by atoms with Crippen LogP contribution in [0.3, 0.4) is 0 Å². The molecule has 2 rings (SSSR count). The standard InChI is InChI=1S/C14H11F2NOS/c1-8-2-4-12(16)13(6-8)17-14(18)10-7-9(19)3-5-11(10)15/h2-7,19H,1H3,(H,17,18). The van der Waals surface area contributed by atoms with Crippen LogP contribution in [0.4, 0.5) is 14.5 Å². The Hall–Kier alpha value is -1.88. The van der Waals surface area contributed by atoms with Gasteiger partial charge in [-0.3, -0.25) is 4.79 Å². The lowest BCUT2D eigenvalue weighted by Crippen LogP contribution is -2.15. The summed E-state index contributed by atoms with van der Waals surface area (Å²) in [6.07, 6.45) is 0. The topological polar surface area (TPSA) is 29.1 Å². The number of benzene rings is 2. The zero-order chi connectivity index (χ0) is 14.0. The summed E-state index contributed by atoms with van der Waals surface area (Å²) in [7, 11) is 0. The summed E-state index contributed by atoms with van der Waals surface area (Å²) in [5.41, 5.74) is 0.641. The Morgan fingerprint density at radius 1 is 1.11 bits per heavy atom. The quantitative estimate of drug-likeness (QED) is 0.804. The van der Waals surface area contributed by atoms with Gasteiger partial charge in [0.2, 0.25) is 0 Å². The van der Waals surface area contributed by atoms with Crippen molar-refractivity contribution in [3.05, 3.63) is 59.2 Å². The fraction of sp³-hybridized carbons (Fsp3) is 0.0714. The van der Waals surface area contributed by atoms with Crippen molar-refractivity contribution in [3.63, 3.8) is 0 Å². The van der Waals surface area contributed by atoms with Gasteiger partial charge < -0.3 is 5.32 Å². The normalized spacial score (nSPS) is 10.3. The second-order valence-corrected chi connectivity index (χ2v) is 4.62. The molecule has 5 heteroatoms. The van der Waals surface area contributed by atoms with E-state index in [1.165, 1.54) is 24.3 Å².